The van der Waals surface area contributed by atoms with Crippen LogP contribution in [0.5, 0.6) is 0 Å². The van der Waals surface area contributed by atoms with Gasteiger partial charge in [-0.1, -0.05) is 60.7 Å². The summed E-state index contributed by atoms with van der Waals surface area (Å²) in [5.41, 5.74) is 1.82. The summed E-state index contributed by atoms with van der Waals surface area (Å²) in [4.78, 5) is 58.7. The Kier molecular flexibility index (Phi) is 12.3. The quantitative estimate of drug-likeness (QED) is 0.244. The Morgan fingerprint density at radius 3 is 1.86 bits per heavy atom. The molecule has 12 heteroatoms. The molecule has 0 aliphatic carbocycles. The predicted octanol–water partition coefficient (Wildman–Crippen LogP) is 0.648. The van der Waals surface area contributed by atoms with E-state index in [2.05, 4.69) is 21.3 Å². The van der Waals surface area contributed by atoms with Crippen LogP contribution >= 0.6 is 11.8 Å². The lowest BCUT2D eigenvalue weighted by Crippen LogP contribution is -2.48. The predicted molar refractivity (Wildman–Crippen MR) is 133 cm³/mol. The van der Waals surface area contributed by atoms with Gasteiger partial charge in [-0.2, -0.15) is 11.8 Å². The fraction of sp³-hybridized carbons (Fsp3) is 0.292. The Hall–Kier alpha value is -4.06. The van der Waals surface area contributed by atoms with Crippen molar-refractivity contribution in [1.29, 1.82) is 0 Å². The standard InChI is InChI=1S/C24H28N4O7S/c29-20(11-25-21(30)12-27-24(34)35-14-17-7-3-1-4-8-17)26-13-22(31)28-19(23(32)33)16-36-15-18-9-5-2-6-10-18/h1-10,19H,11-16H2,(H,25,30)(H,26,29)(H,27,34)(H,28,31)(H,32,33)/t19-/m0/s1. The van der Waals surface area contributed by atoms with E-state index in [1.54, 1.807) is 24.3 Å². The third-order valence-corrected chi connectivity index (χ3v) is 5.63. The Bertz CT molecular complexity index is 1020. The molecule has 36 heavy (non-hydrogen) atoms. The maximum absolute atomic E-state index is 12.0. The molecule has 0 saturated carbocycles. The first-order valence-electron chi connectivity index (χ1n) is 10.9. The molecule has 0 aromatic heterocycles. The summed E-state index contributed by atoms with van der Waals surface area (Å²) in [6, 6.07) is 17.4. The van der Waals surface area contributed by atoms with Crippen LogP contribution in [-0.2, 0) is 36.3 Å². The van der Waals surface area contributed by atoms with Crippen LogP contribution in [-0.4, -0.2) is 66.3 Å². The highest BCUT2D eigenvalue weighted by Gasteiger charge is 2.20. The Labute approximate surface area is 212 Å². The summed E-state index contributed by atoms with van der Waals surface area (Å²) in [7, 11) is 0. The molecule has 0 bridgehead atoms. The number of hydrogen-bond donors (Lipinski definition) is 5. The Morgan fingerprint density at radius 2 is 1.28 bits per heavy atom. The summed E-state index contributed by atoms with van der Waals surface area (Å²) >= 11 is 1.36. The number of carboxylic acid groups (broad SMARTS) is 1. The maximum Gasteiger partial charge on any atom is 0.407 e. The van der Waals surface area contributed by atoms with Crippen molar-refractivity contribution >= 4 is 41.5 Å². The number of thioether (sulfide) groups is 1. The van der Waals surface area contributed by atoms with Gasteiger partial charge in [0.1, 0.15) is 19.2 Å². The summed E-state index contributed by atoms with van der Waals surface area (Å²) < 4.78 is 4.97. The summed E-state index contributed by atoms with van der Waals surface area (Å²) in [5.74, 6) is -2.40. The van der Waals surface area contributed by atoms with Gasteiger partial charge in [0, 0.05) is 11.5 Å². The average molecular weight is 517 g/mol. The van der Waals surface area contributed by atoms with Crippen LogP contribution in [0.4, 0.5) is 4.79 Å². The lowest BCUT2D eigenvalue weighted by atomic mass is 10.2. The van der Waals surface area contributed by atoms with Crippen LogP contribution in [0, 0.1) is 0 Å². The molecule has 4 amide bonds. The van der Waals surface area contributed by atoms with Crippen molar-refractivity contribution in [1.82, 2.24) is 21.3 Å². The van der Waals surface area contributed by atoms with Gasteiger partial charge in [-0.25, -0.2) is 9.59 Å². The SMILES string of the molecule is O=C(CNC(=O)CNC(=O)OCc1ccccc1)NCC(=O)N[C@@H](CSCc1ccccc1)C(=O)O. The number of amides is 4. The van der Waals surface area contributed by atoms with E-state index >= 15 is 0 Å². The first-order valence-corrected chi connectivity index (χ1v) is 12.1. The topological polar surface area (TPSA) is 163 Å². The van der Waals surface area contributed by atoms with Gasteiger partial charge in [0.05, 0.1) is 13.1 Å². The van der Waals surface area contributed by atoms with Crippen molar-refractivity contribution in [3.05, 3.63) is 71.8 Å². The molecule has 5 N–H and O–H groups in total. The molecule has 0 aliphatic rings. The van der Waals surface area contributed by atoms with Crippen molar-refractivity contribution in [3.8, 4) is 0 Å². The van der Waals surface area contributed by atoms with Crippen LogP contribution < -0.4 is 21.3 Å². The zero-order valence-corrected chi connectivity index (χ0v) is 20.2. The number of rotatable bonds is 14. The summed E-state index contributed by atoms with van der Waals surface area (Å²) in [6.07, 6.45) is -0.787. The summed E-state index contributed by atoms with van der Waals surface area (Å²) in [5, 5.41) is 18.5. The molecule has 0 spiro atoms. The highest BCUT2D eigenvalue weighted by molar-refractivity contribution is 7.98. The molecule has 192 valence electrons. The van der Waals surface area contributed by atoms with Crippen LogP contribution in [0.3, 0.4) is 0 Å². The molecule has 2 aromatic rings. The number of hydrogen-bond acceptors (Lipinski definition) is 7. The molecular formula is C24H28N4O7S. The lowest BCUT2D eigenvalue weighted by Gasteiger charge is -2.15. The van der Waals surface area contributed by atoms with Crippen molar-refractivity contribution in [2.24, 2.45) is 0 Å². The van der Waals surface area contributed by atoms with E-state index in [4.69, 9.17) is 4.74 Å². The highest BCUT2D eigenvalue weighted by atomic mass is 32.2. The van der Waals surface area contributed by atoms with Crippen molar-refractivity contribution < 1.29 is 33.8 Å². The van der Waals surface area contributed by atoms with Gasteiger partial charge in [0.2, 0.25) is 17.7 Å². The Morgan fingerprint density at radius 1 is 0.750 bits per heavy atom. The van der Waals surface area contributed by atoms with Crippen LogP contribution in [0.1, 0.15) is 11.1 Å². The van der Waals surface area contributed by atoms with Gasteiger partial charge in [-0.3, -0.25) is 14.4 Å². The maximum atomic E-state index is 12.0. The molecule has 0 heterocycles. The van der Waals surface area contributed by atoms with Crippen molar-refractivity contribution in [2.45, 2.75) is 18.4 Å². The van der Waals surface area contributed by atoms with Gasteiger partial charge in [0.25, 0.3) is 0 Å². The minimum atomic E-state index is -1.18. The second-order valence-corrected chi connectivity index (χ2v) is 8.46. The first kappa shape index (κ1) is 28.2. The van der Waals surface area contributed by atoms with Crippen molar-refractivity contribution in [3.63, 3.8) is 0 Å². The molecule has 0 saturated heterocycles. The van der Waals surface area contributed by atoms with Crippen LogP contribution in [0.15, 0.2) is 60.7 Å². The molecule has 2 aromatic carbocycles. The van der Waals surface area contributed by atoms with E-state index < -0.39 is 55.5 Å². The molecule has 1 atom stereocenters. The highest BCUT2D eigenvalue weighted by Crippen LogP contribution is 2.13. The second-order valence-electron chi connectivity index (χ2n) is 7.43. The van der Waals surface area contributed by atoms with E-state index in [1.165, 1.54) is 11.8 Å². The molecule has 0 fully saturated rings. The van der Waals surface area contributed by atoms with E-state index in [1.807, 2.05) is 36.4 Å². The summed E-state index contributed by atoms with van der Waals surface area (Å²) in [6.45, 7) is -1.23. The van der Waals surface area contributed by atoms with Gasteiger partial charge in [-0.15, -0.1) is 0 Å². The number of carbonyl (C=O) groups is 5. The molecule has 11 nitrogen and oxygen atoms in total. The monoisotopic (exact) mass is 516 g/mol. The second kappa shape index (κ2) is 15.8. The van der Waals surface area contributed by atoms with E-state index in [-0.39, 0.29) is 12.4 Å². The lowest BCUT2D eigenvalue weighted by molar-refractivity contribution is -0.141. The van der Waals surface area contributed by atoms with Gasteiger partial charge in [0.15, 0.2) is 0 Å². The molecule has 0 radical (unpaired) electrons. The normalized spacial score (nSPS) is 11.0. The largest absolute Gasteiger partial charge is 0.480 e. The smallest absolute Gasteiger partial charge is 0.407 e. The number of ether oxygens (including phenoxy) is 1. The first-order chi connectivity index (χ1) is 17.3. The molecule has 0 unspecified atom stereocenters. The molecular weight excluding hydrogens is 488 g/mol. The van der Waals surface area contributed by atoms with Crippen LogP contribution in [0.25, 0.3) is 0 Å². The Balaban J connectivity index is 1.58. The number of benzene rings is 2. The fourth-order valence-electron chi connectivity index (χ4n) is 2.70. The number of alkyl carbamates (subject to hydrolysis) is 1. The minimum absolute atomic E-state index is 0.0488. The van der Waals surface area contributed by atoms with E-state index in [0.29, 0.717) is 5.75 Å². The minimum Gasteiger partial charge on any atom is -0.480 e. The van der Waals surface area contributed by atoms with Crippen molar-refractivity contribution in [2.75, 3.05) is 25.4 Å². The van der Waals surface area contributed by atoms with Crippen LogP contribution in [0.2, 0.25) is 0 Å². The number of carboxylic acids is 1. The number of carbonyl (C=O) groups excluding carboxylic acids is 4. The zero-order chi connectivity index (χ0) is 26.2. The molecule has 2 rings (SSSR count). The number of aliphatic carboxylic acids is 1. The van der Waals surface area contributed by atoms with Gasteiger partial charge in [-0.05, 0) is 11.1 Å². The zero-order valence-electron chi connectivity index (χ0n) is 19.4. The fourth-order valence-corrected chi connectivity index (χ4v) is 3.71. The third-order valence-electron chi connectivity index (χ3n) is 4.53. The van der Waals surface area contributed by atoms with Gasteiger partial charge >= 0.3 is 12.1 Å². The molecule has 0 aliphatic heterocycles. The van der Waals surface area contributed by atoms with E-state index in [0.717, 1.165) is 11.1 Å². The average Bonchev–Trinajstić information content (AvgIpc) is 2.88. The van der Waals surface area contributed by atoms with E-state index in [9.17, 15) is 29.1 Å². The number of nitrogens with one attached hydrogen (secondary N) is 4. The third kappa shape index (κ3) is 11.9. The van der Waals surface area contributed by atoms with Gasteiger partial charge < -0.3 is 31.1 Å².